The minimum absolute atomic E-state index is 0.0135. The number of carbonyl (C=O) groups is 3. The molecule has 0 aliphatic heterocycles. The number of aryl methyl sites for hydroxylation is 1. The first-order valence-electron chi connectivity index (χ1n) is 8.95. The second-order valence-electron chi connectivity index (χ2n) is 6.56. The number of carbonyl (C=O) groups excluding carboxylic acids is 3. The Hall–Kier alpha value is -3.10. The van der Waals surface area contributed by atoms with Gasteiger partial charge in [-0.15, -0.1) is 0 Å². The van der Waals surface area contributed by atoms with Crippen LogP contribution in [-0.4, -0.2) is 44.5 Å². The number of hydrogen-bond donors (Lipinski definition) is 4. The first-order valence-corrected chi connectivity index (χ1v) is 9.33. The molecule has 0 spiro atoms. The van der Waals surface area contributed by atoms with Crippen molar-refractivity contribution in [3.63, 3.8) is 0 Å². The number of hydrazine groups is 1. The molecule has 2 rings (SSSR count). The number of halogens is 1. The second-order valence-corrected chi connectivity index (χ2v) is 7.00. The van der Waals surface area contributed by atoms with Crippen LogP contribution in [0.4, 0.5) is 5.69 Å². The van der Waals surface area contributed by atoms with Crippen molar-refractivity contribution in [2.45, 2.75) is 6.92 Å². The molecule has 0 bridgehead atoms. The van der Waals surface area contributed by atoms with Gasteiger partial charge in [-0.05, 0) is 43.3 Å². The Morgan fingerprint density at radius 3 is 2.14 bits per heavy atom. The van der Waals surface area contributed by atoms with Gasteiger partial charge in [0, 0.05) is 10.7 Å². The molecule has 0 heterocycles. The van der Waals surface area contributed by atoms with Crippen molar-refractivity contribution < 1.29 is 24.0 Å². The maximum absolute atomic E-state index is 12.0. The van der Waals surface area contributed by atoms with Crippen LogP contribution in [0.25, 0.3) is 0 Å². The number of likely N-dealkylation sites (N-methyl/N-ethyl adjacent to an activating group) is 1. The summed E-state index contributed by atoms with van der Waals surface area (Å²) in [6, 6.07) is 14.0. The Balaban J connectivity index is 1.64. The maximum atomic E-state index is 12.0. The molecule has 2 aromatic rings. The summed E-state index contributed by atoms with van der Waals surface area (Å²) < 4.78 is 5.27. The van der Waals surface area contributed by atoms with Gasteiger partial charge in [-0.2, -0.15) is 0 Å². The van der Waals surface area contributed by atoms with Crippen LogP contribution in [-0.2, 0) is 14.4 Å². The number of nitrogens with one attached hydrogen (secondary N) is 4. The van der Waals surface area contributed by atoms with E-state index in [0.29, 0.717) is 21.4 Å². The second kappa shape index (κ2) is 11.0. The highest BCUT2D eigenvalue weighted by molar-refractivity contribution is 6.30. The monoisotopic (exact) mass is 419 g/mol. The van der Waals surface area contributed by atoms with Crippen molar-refractivity contribution in [2.24, 2.45) is 0 Å². The van der Waals surface area contributed by atoms with E-state index in [0.717, 1.165) is 5.56 Å². The molecular weight excluding hydrogens is 396 g/mol. The molecule has 0 radical (unpaired) electrons. The minimum atomic E-state index is -0.511. The first kappa shape index (κ1) is 22.2. The van der Waals surface area contributed by atoms with Gasteiger partial charge in [0.05, 0.1) is 7.05 Å². The van der Waals surface area contributed by atoms with Crippen molar-refractivity contribution in [1.82, 2.24) is 10.9 Å². The fourth-order valence-electron chi connectivity index (χ4n) is 2.35. The number of quaternary nitrogens is 1. The summed E-state index contributed by atoms with van der Waals surface area (Å²) in [6.45, 7) is 1.82. The lowest BCUT2D eigenvalue weighted by molar-refractivity contribution is -0.862. The van der Waals surface area contributed by atoms with E-state index in [1.165, 1.54) is 0 Å². The van der Waals surface area contributed by atoms with Crippen LogP contribution in [0.1, 0.15) is 5.56 Å². The number of benzene rings is 2. The van der Waals surface area contributed by atoms with Crippen molar-refractivity contribution in [2.75, 3.05) is 32.1 Å². The number of amides is 3. The van der Waals surface area contributed by atoms with Crippen molar-refractivity contribution in [3.8, 4) is 5.75 Å². The van der Waals surface area contributed by atoms with E-state index in [-0.39, 0.29) is 25.6 Å². The number of ether oxygens (including phenoxy) is 1. The lowest BCUT2D eigenvalue weighted by Crippen LogP contribution is -3.11. The Bertz CT molecular complexity index is 841. The van der Waals surface area contributed by atoms with Gasteiger partial charge in [-0.3, -0.25) is 25.2 Å². The molecule has 0 fully saturated rings. The van der Waals surface area contributed by atoms with Crippen LogP contribution in [0.3, 0.4) is 0 Å². The molecule has 3 amide bonds. The molecule has 0 aromatic heterocycles. The molecule has 0 saturated heterocycles. The van der Waals surface area contributed by atoms with Crippen molar-refractivity contribution in [3.05, 3.63) is 59.1 Å². The molecule has 1 unspecified atom stereocenters. The minimum Gasteiger partial charge on any atom is -0.484 e. The molecule has 4 N–H and O–H groups in total. The SMILES string of the molecule is Cc1ccc(NC(=O)C[NH+](C)CC(=O)NNC(=O)COc2ccc(Cl)cc2)cc1. The maximum Gasteiger partial charge on any atom is 0.293 e. The molecular formula is C20H24ClN4O4+. The van der Waals surface area contributed by atoms with Gasteiger partial charge >= 0.3 is 0 Å². The highest BCUT2D eigenvalue weighted by Crippen LogP contribution is 2.15. The third-order valence-corrected chi connectivity index (χ3v) is 4.04. The lowest BCUT2D eigenvalue weighted by atomic mass is 10.2. The normalized spacial score (nSPS) is 11.3. The van der Waals surface area contributed by atoms with Gasteiger partial charge in [0.25, 0.3) is 17.7 Å². The summed E-state index contributed by atoms with van der Waals surface area (Å²) in [4.78, 5) is 36.3. The quantitative estimate of drug-likeness (QED) is 0.463. The van der Waals surface area contributed by atoms with Gasteiger partial charge in [-0.1, -0.05) is 29.3 Å². The predicted octanol–water partition coefficient (Wildman–Crippen LogP) is 0.328. The molecule has 1 atom stereocenters. The average Bonchev–Trinajstić information content (AvgIpc) is 2.67. The molecule has 0 saturated carbocycles. The number of hydrogen-bond acceptors (Lipinski definition) is 4. The Kier molecular flexibility index (Phi) is 8.45. The van der Waals surface area contributed by atoms with E-state index in [4.69, 9.17) is 16.3 Å². The predicted molar refractivity (Wildman–Crippen MR) is 110 cm³/mol. The van der Waals surface area contributed by atoms with Crippen LogP contribution in [0.15, 0.2) is 48.5 Å². The van der Waals surface area contributed by atoms with Gasteiger partial charge < -0.3 is 15.0 Å². The Morgan fingerprint density at radius 2 is 1.48 bits per heavy atom. The summed E-state index contributed by atoms with van der Waals surface area (Å²) in [5.41, 5.74) is 6.36. The molecule has 9 heteroatoms. The van der Waals surface area contributed by atoms with Gasteiger partial charge in [-0.25, -0.2) is 0 Å². The van der Waals surface area contributed by atoms with E-state index in [1.54, 1.807) is 31.3 Å². The fraction of sp³-hybridized carbons (Fsp3) is 0.250. The summed E-state index contributed by atoms with van der Waals surface area (Å²) in [5.74, 6) is -0.659. The summed E-state index contributed by atoms with van der Waals surface area (Å²) in [7, 11) is 1.71. The third-order valence-electron chi connectivity index (χ3n) is 3.78. The van der Waals surface area contributed by atoms with E-state index >= 15 is 0 Å². The molecule has 8 nitrogen and oxygen atoms in total. The fourth-order valence-corrected chi connectivity index (χ4v) is 2.48. The van der Waals surface area contributed by atoms with E-state index in [2.05, 4.69) is 16.2 Å². The smallest absolute Gasteiger partial charge is 0.293 e. The van der Waals surface area contributed by atoms with Gasteiger partial charge in [0.15, 0.2) is 19.7 Å². The van der Waals surface area contributed by atoms with E-state index < -0.39 is 11.8 Å². The Morgan fingerprint density at radius 1 is 0.897 bits per heavy atom. The largest absolute Gasteiger partial charge is 0.484 e. The zero-order valence-electron chi connectivity index (χ0n) is 16.3. The number of rotatable bonds is 8. The molecule has 29 heavy (non-hydrogen) atoms. The van der Waals surface area contributed by atoms with Crippen LogP contribution in [0.2, 0.25) is 5.02 Å². The van der Waals surface area contributed by atoms with Crippen LogP contribution >= 0.6 is 11.6 Å². The highest BCUT2D eigenvalue weighted by Gasteiger charge is 2.15. The summed E-state index contributed by atoms with van der Waals surface area (Å²) >= 11 is 5.77. The van der Waals surface area contributed by atoms with Crippen molar-refractivity contribution >= 4 is 35.0 Å². The van der Waals surface area contributed by atoms with Crippen LogP contribution < -0.4 is 25.8 Å². The standard InChI is InChI=1S/C20H23ClN4O4/c1-14-3-7-16(8-4-14)22-18(26)11-25(2)12-19(27)23-24-20(28)13-29-17-9-5-15(21)6-10-17/h3-10H,11-13H2,1-2H3,(H,22,26)(H,23,27)(H,24,28)/p+1. The lowest BCUT2D eigenvalue weighted by Gasteiger charge is -2.14. The zero-order valence-corrected chi connectivity index (χ0v) is 17.0. The van der Waals surface area contributed by atoms with Crippen LogP contribution in [0.5, 0.6) is 5.75 Å². The Labute approximate surface area is 174 Å². The highest BCUT2D eigenvalue weighted by atomic mass is 35.5. The average molecular weight is 420 g/mol. The summed E-state index contributed by atoms with van der Waals surface area (Å²) in [6.07, 6.45) is 0. The first-order chi connectivity index (χ1) is 13.8. The van der Waals surface area contributed by atoms with Gasteiger partial charge in [0.2, 0.25) is 0 Å². The molecule has 0 aliphatic carbocycles. The number of anilines is 1. The summed E-state index contributed by atoms with van der Waals surface area (Å²) in [5, 5.41) is 3.34. The van der Waals surface area contributed by atoms with Crippen LogP contribution in [0, 0.1) is 6.92 Å². The topological polar surface area (TPSA) is 101 Å². The van der Waals surface area contributed by atoms with E-state index in [9.17, 15) is 14.4 Å². The molecule has 154 valence electrons. The third kappa shape index (κ3) is 8.63. The molecule has 2 aromatic carbocycles. The van der Waals surface area contributed by atoms with Gasteiger partial charge in [0.1, 0.15) is 5.75 Å². The molecule has 0 aliphatic rings. The van der Waals surface area contributed by atoms with Crippen molar-refractivity contribution in [1.29, 1.82) is 0 Å². The van der Waals surface area contributed by atoms with E-state index in [1.807, 2.05) is 31.2 Å². The zero-order chi connectivity index (χ0) is 21.2.